The molecule has 0 aliphatic heterocycles. The molecule has 0 aliphatic carbocycles. The molecule has 0 amide bonds. The van der Waals surface area contributed by atoms with Crippen LogP contribution < -0.4 is 4.74 Å². The third-order valence-electron chi connectivity index (χ3n) is 3.48. The number of ketones is 1. The van der Waals surface area contributed by atoms with E-state index in [4.69, 9.17) is 4.74 Å². The Morgan fingerprint density at radius 3 is 2.86 bits per heavy atom. The lowest BCUT2D eigenvalue weighted by Crippen LogP contribution is -2.05. The van der Waals surface area contributed by atoms with Gasteiger partial charge in [-0.2, -0.15) is 0 Å². The summed E-state index contributed by atoms with van der Waals surface area (Å²) >= 11 is 0. The van der Waals surface area contributed by atoms with Crippen molar-refractivity contribution in [3.63, 3.8) is 0 Å². The molecule has 1 N–H and O–H groups in total. The number of hydrogen-bond donors (Lipinski definition) is 1. The van der Waals surface area contributed by atoms with E-state index >= 15 is 0 Å². The number of benzene rings is 2. The van der Waals surface area contributed by atoms with Crippen LogP contribution >= 0.6 is 0 Å². The monoisotopic (exact) mass is 283 g/mol. The number of Topliss-reactive ketones (excluding diaryl/α,β-unsaturated/α-hetero) is 1. The summed E-state index contributed by atoms with van der Waals surface area (Å²) in [6, 6.07) is 11.6. The number of hydrogen-bond acceptors (Lipinski definition) is 2. The molecule has 0 saturated carbocycles. The normalized spacial score (nSPS) is 10.8. The van der Waals surface area contributed by atoms with E-state index in [1.165, 1.54) is 19.2 Å². The first-order valence-electron chi connectivity index (χ1n) is 6.60. The summed E-state index contributed by atoms with van der Waals surface area (Å²) in [4.78, 5) is 15.5. The highest BCUT2D eigenvalue weighted by Crippen LogP contribution is 2.22. The first-order valence-corrected chi connectivity index (χ1v) is 6.60. The van der Waals surface area contributed by atoms with Gasteiger partial charge in [0.15, 0.2) is 5.78 Å². The van der Waals surface area contributed by atoms with Gasteiger partial charge in [0.2, 0.25) is 0 Å². The number of rotatable bonds is 4. The highest BCUT2D eigenvalue weighted by atomic mass is 19.1. The lowest BCUT2D eigenvalue weighted by Gasteiger charge is -2.08. The summed E-state index contributed by atoms with van der Waals surface area (Å²) in [6.07, 6.45) is 2.02. The van der Waals surface area contributed by atoms with Gasteiger partial charge >= 0.3 is 0 Å². The van der Waals surface area contributed by atoms with Crippen LogP contribution in [0.3, 0.4) is 0 Å². The van der Waals surface area contributed by atoms with Gasteiger partial charge in [-0.25, -0.2) is 4.39 Å². The van der Waals surface area contributed by atoms with Crippen LogP contribution in [0, 0.1) is 5.82 Å². The van der Waals surface area contributed by atoms with E-state index in [0.29, 0.717) is 16.9 Å². The zero-order chi connectivity index (χ0) is 14.8. The van der Waals surface area contributed by atoms with Crippen molar-refractivity contribution in [1.29, 1.82) is 0 Å². The van der Waals surface area contributed by atoms with Crippen LogP contribution in [-0.4, -0.2) is 17.9 Å². The van der Waals surface area contributed by atoms with Gasteiger partial charge in [0.05, 0.1) is 7.11 Å². The maximum absolute atomic E-state index is 13.2. The third-order valence-corrected chi connectivity index (χ3v) is 3.48. The molecule has 1 heterocycles. The minimum absolute atomic E-state index is 0.0250. The molecule has 0 bridgehead atoms. The Bertz CT molecular complexity index is 807. The van der Waals surface area contributed by atoms with Gasteiger partial charge < -0.3 is 9.72 Å². The highest BCUT2D eigenvalue weighted by molar-refractivity contribution is 6.00. The van der Waals surface area contributed by atoms with Gasteiger partial charge in [-0.3, -0.25) is 4.79 Å². The Hall–Kier alpha value is -2.62. The molecule has 0 atom stereocenters. The molecule has 0 unspecified atom stereocenters. The average molecular weight is 283 g/mol. The number of carbonyl (C=O) groups excluding carboxylic acids is 1. The number of halogens is 1. The number of nitrogens with one attached hydrogen (secondary N) is 1. The molecule has 0 fully saturated rings. The standard InChI is InChI=1S/C17H14FNO2/c1-21-17-10-14(18)4-2-13(17)9-16(20)12-3-5-15-11(8-12)6-7-19-15/h2-8,10,19H,9H2,1H3. The van der Waals surface area contributed by atoms with E-state index in [1.54, 1.807) is 12.1 Å². The number of carbonyl (C=O) groups is 1. The molecule has 1 aromatic heterocycles. The van der Waals surface area contributed by atoms with Crippen LogP contribution in [0.25, 0.3) is 10.9 Å². The number of fused-ring (bicyclic) bond motifs is 1. The molecule has 21 heavy (non-hydrogen) atoms. The van der Waals surface area contributed by atoms with Crippen LogP contribution in [0.5, 0.6) is 5.75 Å². The van der Waals surface area contributed by atoms with Crippen molar-refractivity contribution >= 4 is 16.7 Å². The molecule has 0 aliphatic rings. The van der Waals surface area contributed by atoms with E-state index in [9.17, 15) is 9.18 Å². The summed E-state index contributed by atoms with van der Waals surface area (Å²) in [7, 11) is 1.47. The number of H-pyrrole nitrogens is 1. The van der Waals surface area contributed by atoms with Gasteiger partial charge in [0.25, 0.3) is 0 Å². The van der Waals surface area contributed by atoms with E-state index in [2.05, 4.69) is 4.98 Å². The minimum Gasteiger partial charge on any atom is -0.496 e. The van der Waals surface area contributed by atoms with Crippen molar-refractivity contribution in [1.82, 2.24) is 4.98 Å². The largest absolute Gasteiger partial charge is 0.496 e. The van der Waals surface area contributed by atoms with Crippen molar-refractivity contribution in [2.75, 3.05) is 7.11 Å². The smallest absolute Gasteiger partial charge is 0.167 e. The van der Waals surface area contributed by atoms with Gasteiger partial charge in [0.1, 0.15) is 11.6 Å². The number of aromatic amines is 1. The number of ether oxygens (including phenoxy) is 1. The molecule has 3 rings (SSSR count). The molecule has 2 aromatic carbocycles. The first kappa shape index (κ1) is 13.4. The van der Waals surface area contributed by atoms with Crippen LogP contribution in [-0.2, 0) is 6.42 Å². The summed E-state index contributed by atoms with van der Waals surface area (Å²) in [6.45, 7) is 0. The Kier molecular flexibility index (Phi) is 3.44. The van der Waals surface area contributed by atoms with Crippen molar-refractivity contribution in [2.24, 2.45) is 0 Å². The van der Waals surface area contributed by atoms with Crippen molar-refractivity contribution in [3.05, 3.63) is 65.6 Å². The third kappa shape index (κ3) is 2.65. The molecule has 0 radical (unpaired) electrons. The first-order chi connectivity index (χ1) is 10.2. The minimum atomic E-state index is -0.378. The number of methoxy groups -OCH3 is 1. The molecule has 0 saturated heterocycles. The Morgan fingerprint density at radius 1 is 1.19 bits per heavy atom. The maximum Gasteiger partial charge on any atom is 0.167 e. The quantitative estimate of drug-likeness (QED) is 0.741. The van der Waals surface area contributed by atoms with Crippen molar-refractivity contribution in [2.45, 2.75) is 6.42 Å². The second kappa shape index (κ2) is 5.40. The van der Waals surface area contributed by atoms with Gasteiger partial charge in [-0.05, 0) is 30.3 Å². The lowest BCUT2D eigenvalue weighted by atomic mass is 10.0. The summed E-state index contributed by atoms with van der Waals surface area (Å²) < 4.78 is 18.3. The zero-order valence-corrected chi connectivity index (χ0v) is 11.5. The zero-order valence-electron chi connectivity index (χ0n) is 11.5. The maximum atomic E-state index is 13.2. The van der Waals surface area contributed by atoms with Crippen molar-refractivity contribution in [3.8, 4) is 5.75 Å². The van der Waals surface area contributed by atoms with E-state index < -0.39 is 0 Å². The summed E-state index contributed by atoms with van der Waals surface area (Å²) in [5.74, 6) is -0.00845. The Balaban J connectivity index is 1.88. The molecule has 3 aromatic rings. The average Bonchev–Trinajstić information content (AvgIpc) is 2.96. The van der Waals surface area contributed by atoms with E-state index in [0.717, 1.165) is 10.9 Å². The van der Waals surface area contributed by atoms with Crippen molar-refractivity contribution < 1.29 is 13.9 Å². The van der Waals surface area contributed by atoms with Gasteiger partial charge in [-0.15, -0.1) is 0 Å². The molecule has 4 heteroatoms. The fourth-order valence-electron chi connectivity index (χ4n) is 2.37. The van der Waals surface area contributed by atoms with E-state index in [1.807, 2.05) is 24.4 Å². The molecular formula is C17H14FNO2. The molecule has 0 spiro atoms. The fraction of sp³-hybridized carbons (Fsp3) is 0.118. The van der Waals surface area contributed by atoms with Crippen LogP contribution in [0.1, 0.15) is 15.9 Å². The Morgan fingerprint density at radius 2 is 2.05 bits per heavy atom. The topological polar surface area (TPSA) is 42.1 Å². The summed E-state index contributed by atoms with van der Waals surface area (Å²) in [5.41, 5.74) is 2.30. The highest BCUT2D eigenvalue weighted by Gasteiger charge is 2.12. The van der Waals surface area contributed by atoms with Crippen LogP contribution in [0.2, 0.25) is 0 Å². The number of aromatic nitrogens is 1. The predicted molar refractivity (Wildman–Crippen MR) is 79.3 cm³/mol. The fourth-order valence-corrected chi connectivity index (χ4v) is 2.37. The lowest BCUT2D eigenvalue weighted by molar-refractivity contribution is 0.0992. The SMILES string of the molecule is COc1cc(F)ccc1CC(=O)c1ccc2[nH]ccc2c1. The van der Waals surface area contributed by atoms with Crippen LogP contribution in [0.4, 0.5) is 4.39 Å². The second-order valence-corrected chi connectivity index (χ2v) is 4.84. The second-order valence-electron chi connectivity index (χ2n) is 4.84. The van der Waals surface area contributed by atoms with Gasteiger partial charge in [-0.1, -0.05) is 6.07 Å². The van der Waals surface area contributed by atoms with Gasteiger partial charge in [0, 0.05) is 40.7 Å². The Labute approximate surface area is 121 Å². The van der Waals surface area contributed by atoms with Crippen LogP contribution in [0.15, 0.2) is 48.7 Å². The molecule has 106 valence electrons. The molecular weight excluding hydrogens is 269 g/mol. The summed E-state index contributed by atoms with van der Waals surface area (Å²) in [5, 5.41) is 0.993. The predicted octanol–water partition coefficient (Wildman–Crippen LogP) is 3.74. The molecule has 3 nitrogen and oxygen atoms in total. The van der Waals surface area contributed by atoms with E-state index in [-0.39, 0.29) is 18.0 Å².